The van der Waals surface area contributed by atoms with Crippen molar-refractivity contribution in [3.8, 4) is 11.5 Å². The summed E-state index contributed by atoms with van der Waals surface area (Å²) >= 11 is 0. The maximum atomic E-state index is 8.62. The van der Waals surface area contributed by atoms with Crippen LogP contribution in [0, 0.1) is 0 Å². The van der Waals surface area contributed by atoms with Gasteiger partial charge in [-0.1, -0.05) is 0 Å². The molecule has 4 heteroatoms. The summed E-state index contributed by atoms with van der Waals surface area (Å²) in [5.74, 6) is 1.46. The van der Waals surface area contributed by atoms with Crippen molar-refractivity contribution in [2.45, 2.75) is 13.0 Å². The molecule has 0 saturated carbocycles. The Labute approximate surface area is 89.6 Å². The summed E-state index contributed by atoms with van der Waals surface area (Å²) in [7, 11) is 1.60. The third-order valence-corrected chi connectivity index (χ3v) is 1.98. The second-order valence-corrected chi connectivity index (χ2v) is 3.15. The van der Waals surface area contributed by atoms with Gasteiger partial charge in [0.05, 0.1) is 13.7 Å². The minimum Gasteiger partial charge on any atom is -0.497 e. The lowest BCUT2D eigenvalue weighted by Gasteiger charge is -2.09. The molecule has 0 atom stereocenters. The normalized spacial score (nSPS) is 10.1. The molecule has 0 aliphatic heterocycles. The van der Waals surface area contributed by atoms with Gasteiger partial charge in [0.1, 0.15) is 11.5 Å². The molecule has 0 unspecified atom stereocenters. The molecule has 0 aliphatic rings. The highest BCUT2D eigenvalue weighted by Crippen LogP contribution is 2.22. The molecule has 4 nitrogen and oxygen atoms in total. The van der Waals surface area contributed by atoms with Gasteiger partial charge >= 0.3 is 0 Å². The monoisotopic (exact) mass is 211 g/mol. The number of nitrogens with two attached hydrogens (primary N) is 1. The predicted octanol–water partition coefficient (Wildman–Crippen LogP) is 0.915. The van der Waals surface area contributed by atoms with Crippen LogP contribution in [0.3, 0.4) is 0 Å². The molecule has 1 rings (SSSR count). The SMILES string of the molecule is COc1cc(CN)cc(OCCCO)c1. The van der Waals surface area contributed by atoms with Crippen LogP contribution in [0.5, 0.6) is 11.5 Å². The molecule has 1 aromatic rings. The number of aliphatic hydroxyl groups excluding tert-OH is 1. The molecule has 84 valence electrons. The van der Waals surface area contributed by atoms with Crippen molar-refractivity contribution in [2.75, 3.05) is 20.3 Å². The fraction of sp³-hybridized carbons (Fsp3) is 0.455. The Morgan fingerprint density at radius 2 is 2.00 bits per heavy atom. The second kappa shape index (κ2) is 6.27. The van der Waals surface area contributed by atoms with E-state index >= 15 is 0 Å². The van der Waals surface area contributed by atoms with Crippen LogP contribution in [0.4, 0.5) is 0 Å². The van der Waals surface area contributed by atoms with Crippen LogP contribution in [-0.2, 0) is 6.54 Å². The highest BCUT2D eigenvalue weighted by molar-refractivity contribution is 5.38. The molecular weight excluding hydrogens is 194 g/mol. The third kappa shape index (κ3) is 3.77. The number of rotatable bonds is 6. The van der Waals surface area contributed by atoms with Crippen molar-refractivity contribution in [3.05, 3.63) is 23.8 Å². The molecular formula is C11H17NO3. The molecule has 0 fully saturated rings. The Balaban J connectivity index is 2.68. The Bertz CT molecular complexity index is 280. The van der Waals surface area contributed by atoms with Gasteiger partial charge in [0.25, 0.3) is 0 Å². The molecule has 15 heavy (non-hydrogen) atoms. The van der Waals surface area contributed by atoms with Crippen molar-refractivity contribution in [1.29, 1.82) is 0 Å². The zero-order valence-electron chi connectivity index (χ0n) is 8.90. The van der Waals surface area contributed by atoms with Gasteiger partial charge in [0, 0.05) is 25.6 Å². The molecule has 0 amide bonds. The molecule has 0 radical (unpaired) electrons. The van der Waals surface area contributed by atoms with Crippen molar-refractivity contribution in [2.24, 2.45) is 5.73 Å². The predicted molar refractivity (Wildman–Crippen MR) is 58.1 cm³/mol. The molecule has 0 bridgehead atoms. The van der Waals surface area contributed by atoms with Crippen molar-refractivity contribution in [3.63, 3.8) is 0 Å². The fourth-order valence-corrected chi connectivity index (χ4v) is 1.20. The van der Waals surface area contributed by atoms with E-state index in [9.17, 15) is 0 Å². The van der Waals surface area contributed by atoms with Gasteiger partial charge in [0.2, 0.25) is 0 Å². The molecule has 1 aromatic carbocycles. The molecule has 0 heterocycles. The van der Waals surface area contributed by atoms with E-state index in [1.54, 1.807) is 13.2 Å². The van der Waals surface area contributed by atoms with Crippen LogP contribution in [-0.4, -0.2) is 25.4 Å². The summed E-state index contributed by atoms with van der Waals surface area (Å²) in [5.41, 5.74) is 6.51. The topological polar surface area (TPSA) is 64.7 Å². The van der Waals surface area contributed by atoms with Crippen LogP contribution in [0.25, 0.3) is 0 Å². The lowest BCUT2D eigenvalue weighted by atomic mass is 10.2. The van der Waals surface area contributed by atoms with Crippen LogP contribution in [0.15, 0.2) is 18.2 Å². The summed E-state index contributed by atoms with van der Waals surface area (Å²) in [5, 5.41) is 8.62. The van der Waals surface area contributed by atoms with Crippen LogP contribution in [0.1, 0.15) is 12.0 Å². The zero-order valence-corrected chi connectivity index (χ0v) is 8.90. The summed E-state index contributed by atoms with van der Waals surface area (Å²) in [6, 6.07) is 5.55. The number of hydrogen-bond acceptors (Lipinski definition) is 4. The number of ether oxygens (including phenoxy) is 2. The minimum absolute atomic E-state index is 0.133. The quantitative estimate of drug-likeness (QED) is 0.687. The maximum Gasteiger partial charge on any atom is 0.123 e. The Morgan fingerprint density at radius 3 is 2.60 bits per heavy atom. The van der Waals surface area contributed by atoms with E-state index in [1.807, 2.05) is 12.1 Å². The van der Waals surface area contributed by atoms with Gasteiger partial charge in [-0.2, -0.15) is 0 Å². The first-order chi connectivity index (χ1) is 7.30. The van der Waals surface area contributed by atoms with E-state index in [2.05, 4.69) is 0 Å². The lowest BCUT2D eigenvalue weighted by Crippen LogP contribution is -2.02. The van der Waals surface area contributed by atoms with Gasteiger partial charge < -0.3 is 20.3 Å². The van der Waals surface area contributed by atoms with E-state index in [-0.39, 0.29) is 6.61 Å². The van der Waals surface area contributed by atoms with E-state index < -0.39 is 0 Å². The summed E-state index contributed by atoms with van der Waals surface area (Å²) < 4.78 is 10.6. The first-order valence-electron chi connectivity index (χ1n) is 4.92. The fourth-order valence-electron chi connectivity index (χ4n) is 1.20. The second-order valence-electron chi connectivity index (χ2n) is 3.15. The lowest BCUT2D eigenvalue weighted by molar-refractivity contribution is 0.233. The zero-order chi connectivity index (χ0) is 11.1. The van der Waals surface area contributed by atoms with Gasteiger partial charge in [0.15, 0.2) is 0 Å². The van der Waals surface area contributed by atoms with Crippen LogP contribution in [0.2, 0.25) is 0 Å². The standard InChI is InChI=1S/C11H17NO3/c1-14-10-5-9(8-12)6-11(7-10)15-4-2-3-13/h5-7,13H,2-4,8,12H2,1H3. The van der Waals surface area contributed by atoms with Gasteiger partial charge in [-0.05, 0) is 17.7 Å². The third-order valence-electron chi connectivity index (χ3n) is 1.98. The minimum atomic E-state index is 0.133. The first kappa shape index (κ1) is 11.8. The Kier molecular flexibility index (Phi) is 4.93. The maximum absolute atomic E-state index is 8.62. The smallest absolute Gasteiger partial charge is 0.123 e. The van der Waals surface area contributed by atoms with Crippen molar-refractivity contribution < 1.29 is 14.6 Å². The van der Waals surface area contributed by atoms with Gasteiger partial charge in [-0.15, -0.1) is 0 Å². The average Bonchev–Trinajstić information content (AvgIpc) is 2.29. The molecule has 0 spiro atoms. The van der Waals surface area contributed by atoms with E-state index in [0.29, 0.717) is 19.6 Å². The number of hydrogen-bond donors (Lipinski definition) is 2. The highest BCUT2D eigenvalue weighted by atomic mass is 16.5. The summed E-state index contributed by atoms with van der Waals surface area (Å²) in [6.45, 7) is 1.08. The van der Waals surface area contributed by atoms with E-state index in [4.69, 9.17) is 20.3 Å². The Morgan fingerprint density at radius 1 is 1.27 bits per heavy atom. The van der Waals surface area contributed by atoms with E-state index in [0.717, 1.165) is 17.1 Å². The number of benzene rings is 1. The van der Waals surface area contributed by atoms with Crippen molar-refractivity contribution in [1.82, 2.24) is 0 Å². The Hall–Kier alpha value is -1.26. The van der Waals surface area contributed by atoms with Crippen molar-refractivity contribution >= 4 is 0 Å². The van der Waals surface area contributed by atoms with Crippen LogP contribution < -0.4 is 15.2 Å². The van der Waals surface area contributed by atoms with Crippen LogP contribution >= 0.6 is 0 Å². The van der Waals surface area contributed by atoms with Gasteiger partial charge in [-0.3, -0.25) is 0 Å². The summed E-state index contributed by atoms with van der Waals surface area (Å²) in [6.07, 6.45) is 0.620. The number of aliphatic hydroxyl groups is 1. The average molecular weight is 211 g/mol. The molecule has 0 saturated heterocycles. The largest absolute Gasteiger partial charge is 0.497 e. The van der Waals surface area contributed by atoms with E-state index in [1.165, 1.54) is 0 Å². The first-order valence-corrected chi connectivity index (χ1v) is 4.92. The molecule has 0 aliphatic carbocycles. The molecule has 0 aromatic heterocycles. The van der Waals surface area contributed by atoms with Gasteiger partial charge in [-0.25, -0.2) is 0 Å². The summed E-state index contributed by atoms with van der Waals surface area (Å²) in [4.78, 5) is 0. The molecule has 3 N–H and O–H groups in total. The highest BCUT2D eigenvalue weighted by Gasteiger charge is 2.01. The number of methoxy groups -OCH3 is 1.